The van der Waals surface area contributed by atoms with Crippen LogP contribution < -0.4 is 0 Å². The zero-order valence-electron chi connectivity index (χ0n) is 10.9. The number of fused-ring (bicyclic) bond motifs is 1. The summed E-state index contributed by atoms with van der Waals surface area (Å²) >= 11 is 0. The van der Waals surface area contributed by atoms with Crippen LogP contribution in [0.3, 0.4) is 0 Å². The molecule has 0 N–H and O–H groups in total. The average Bonchev–Trinajstić information content (AvgIpc) is 2.82. The summed E-state index contributed by atoms with van der Waals surface area (Å²) in [5.41, 5.74) is 6.30. The lowest BCUT2D eigenvalue weighted by Crippen LogP contribution is -2.01. The van der Waals surface area contributed by atoms with E-state index in [2.05, 4.69) is 62.4 Å². The summed E-state index contributed by atoms with van der Waals surface area (Å²) in [6.45, 7) is 4.45. The van der Waals surface area contributed by atoms with Gasteiger partial charge in [-0.15, -0.1) is 0 Å². The first-order valence-electron chi connectivity index (χ1n) is 6.50. The van der Waals surface area contributed by atoms with E-state index >= 15 is 0 Å². The van der Waals surface area contributed by atoms with Gasteiger partial charge in [-0.1, -0.05) is 50.2 Å². The van der Waals surface area contributed by atoms with Crippen molar-refractivity contribution in [3.05, 3.63) is 65.2 Å². The topological polar surface area (TPSA) is 12.4 Å². The fourth-order valence-corrected chi connectivity index (χ4v) is 2.38. The molecular weight excluding hydrogens is 218 g/mol. The van der Waals surface area contributed by atoms with Crippen molar-refractivity contribution < 1.29 is 0 Å². The third-order valence-electron chi connectivity index (χ3n) is 3.49. The predicted octanol–water partition coefficient (Wildman–Crippen LogP) is 4.49. The van der Waals surface area contributed by atoms with Gasteiger partial charge in [0.15, 0.2) is 0 Å². The lowest BCUT2D eigenvalue weighted by Gasteiger charge is -2.07. The minimum absolute atomic E-state index is 0.564. The van der Waals surface area contributed by atoms with Crippen molar-refractivity contribution in [2.24, 2.45) is 4.99 Å². The minimum Gasteiger partial charge on any atom is -0.252 e. The summed E-state index contributed by atoms with van der Waals surface area (Å²) in [7, 11) is 0. The Morgan fingerprint density at radius 1 is 1.00 bits per heavy atom. The van der Waals surface area contributed by atoms with E-state index in [4.69, 9.17) is 4.99 Å². The maximum absolute atomic E-state index is 4.74. The Labute approximate surface area is 108 Å². The molecule has 18 heavy (non-hydrogen) atoms. The van der Waals surface area contributed by atoms with Crippen LogP contribution in [0.4, 0.5) is 5.69 Å². The van der Waals surface area contributed by atoms with Gasteiger partial charge in [0.05, 0.1) is 11.4 Å². The minimum atomic E-state index is 0.564. The number of hydrogen-bond acceptors (Lipinski definition) is 1. The maximum Gasteiger partial charge on any atom is 0.0669 e. The molecule has 1 heteroatoms. The van der Waals surface area contributed by atoms with Gasteiger partial charge in [-0.2, -0.15) is 0 Å². The van der Waals surface area contributed by atoms with Gasteiger partial charge in [-0.25, -0.2) is 0 Å². The van der Waals surface area contributed by atoms with Crippen LogP contribution in [0.25, 0.3) is 0 Å². The van der Waals surface area contributed by atoms with Crippen LogP contribution in [0.2, 0.25) is 0 Å². The highest BCUT2D eigenvalue weighted by Gasteiger charge is 2.15. The van der Waals surface area contributed by atoms with Crippen molar-refractivity contribution in [3.63, 3.8) is 0 Å². The highest BCUT2D eigenvalue weighted by molar-refractivity contribution is 6.06. The number of hydrogen-bond donors (Lipinski definition) is 0. The Bertz CT molecular complexity index is 609. The summed E-state index contributed by atoms with van der Waals surface area (Å²) in [4.78, 5) is 4.74. The molecular formula is C17H17N. The van der Waals surface area contributed by atoms with Gasteiger partial charge >= 0.3 is 0 Å². The van der Waals surface area contributed by atoms with Crippen LogP contribution in [0.1, 0.15) is 36.5 Å². The molecule has 0 saturated heterocycles. The molecule has 3 rings (SSSR count). The monoisotopic (exact) mass is 235 g/mol. The molecule has 1 nitrogen and oxygen atoms in total. The molecule has 0 bridgehead atoms. The zero-order valence-corrected chi connectivity index (χ0v) is 10.9. The average molecular weight is 235 g/mol. The first-order chi connectivity index (χ1) is 8.74. The van der Waals surface area contributed by atoms with Gasteiger partial charge in [0.2, 0.25) is 0 Å². The molecule has 0 radical (unpaired) electrons. The molecule has 0 aromatic heterocycles. The SMILES string of the molecule is CC(C)c1cccc(C2=Nc3ccccc3C2)c1. The van der Waals surface area contributed by atoms with Gasteiger partial charge in [0.25, 0.3) is 0 Å². The quantitative estimate of drug-likeness (QED) is 0.727. The summed E-state index contributed by atoms with van der Waals surface area (Å²) < 4.78 is 0. The number of para-hydroxylation sites is 1. The molecule has 1 aliphatic heterocycles. The van der Waals surface area contributed by atoms with Crippen LogP contribution in [-0.2, 0) is 6.42 Å². The number of aliphatic imine (C=N–C) groups is 1. The van der Waals surface area contributed by atoms with Crippen molar-refractivity contribution in [3.8, 4) is 0 Å². The summed E-state index contributed by atoms with van der Waals surface area (Å²) in [5.74, 6) is 0.564. The molecule has 0 spiro atoms. The van der Waals surface area contributed by atoms with Crippen LogP contribution in [-0.4, -0.2) is 5.71 Å². The van der Waals surface area contributed by atoms with Crippen molar-refractivity contribution in [2.75, 3.05) is 0 Å². The van der Waals surface area contributed by atoms with Crippen LogP contribution in [0.15, 0.2) is 53.5 Å². The van der Waals surface area contributed by atoms with Crippen LogP contribution >= 0.6 is 0 Å². The van der Waals surface area contributed by atoms with Crippen molar-refractivity contribution >= 4 is 11.4 Å². The lowest BCUT2D eigenvalue weighted by molar-refractivity contribution is 0.866. The van der Waals surface area contributed by atoms with Gasteiger partial charge in [0.1, 0.15) is 0 Å². The smallest absolute Gasteiger partial charge is 0.0669 e. The first kappa shape index (κ1) is 11.2. The third kappa shape index (κ3) is 1.97. The normalized spacial score (nSPS) is 13.6. The molecule has 0 saturated carbocycles. The van der Waals surface area contributed by atoms with E-state index in [9.17, 15) is 0 Å². The van der Waals surface area contributed by atoms with Crippen molar-refractivity contribution in [1.82, 2.24) is 0 Å². The lowest BCUT2D eigenvalue weighted by atomic mass is 9.97. The Hall–Kier alpha value is -1.89. The predicted molar refractivity (Wildman–Crippen MR) is 76.9 cm³/mol. The highest BCUT2D eigenvalue weighted by Crippen LogP contribution is 2.29. The fourth-order valence-electron chi connectivity index (χ4n) is 2.38. The second-order valence-corrected chi connectivity index (χ2v) is 5.14. The van der Waals surface area contributed by atoms with Gasteiger partial charge in [0, 0.05) is 6.42 Å². The standard InChI is InChI=1S/C17H17N/c1-12(2)13-7-5-8-14(10-13)17-11-15-6-3-4-9-16(15)18-17/h3-10,12H,11H2,1-2H3. The van der Waals surface area contributed by atoms with E-state index in [1.165, 1.54) is 22.4 Å². The molecule has 2 aromatic carbocycles. The fraction of sp³-hybridized carbons (Fsp3) is 0.235. The van der Waals surface area contributed by atoms with Gasteiger partial charge in [-0.3, -0.25) is 4.99 Å². The molecule has 1 aliphatic rings. The summed E-state index contributed by atoms with van der Waals surface area (Å²) in [6, 6.07) is 17.2. The number of benzene rings is 2. The van der Waals surface area contributed by atoms with Crippen LogP contribution in [0.5, 0.6) is 0 Å². The molecule has 90 valence electrons. The highest BCUT2D eigenvalue weighted by atomic mass is 14.8. The van der Waals surface area contributed by atoms with E-state index in [1.807, 2.05) is 0 Å². The molecule has 0 atom stereocenters. The molecule has 0 aliphatic carbocycles. The second kappa shape index (κ2) is 4.41. The largest absolute Gasteiger partial charge is 0.252 e. The Morgan fingerprint density at radius 3 is 2.61 bits per heavy atom. The Balaban J connectivity index is 1.97. The molecule has 0 amide bonds. The van der Waals surface area contributed by atoms with Gasteiger partial charge < -0.3 is 0 Å². The van der Waals surface area contributed by atoms with E-state index < -0.39 is 0 Å². The first-order valence-corrected chi connectivity index (χ1v) is 6.50. The van der Waals surface area contributed by atoms with Crippen molar-refractivity contribution in [2.45, 2.75) is 26.2 Å². The van der Waals surface area contributed by atoms with E-state index in [-0.39, 0.29) is 0 Å². The second-order valence-electron chi connectivity index (χ2n) is 5.14. The third-order valence-corrected chi connectivity index (χ3v) is 3.49. The molecule has 0 unspecified atom stereocenters. The zero-order chi connectivity index (χ0) is 12.5. The van der Waals surface area contributed by atoms with E-state index in [0.29, 0.717) is 5.92 Å². The van der Waals surface area contributed by atoms with Crippen molar-refractivity contribution in [1.29, 1.82) is 0 Å². The summed E-state index contributed by atoms with van der Waals surface area (Å²) in [5, 5.41) is 0. The Morgan fingerprint density at radius 2 is 1.83 bits per heavy atom. The number of rotatable bonds is 2. The van der Waals surface area contributed by atoms with Crippen LogP contribution in [0, 0.1) is 0 Å². The molecule has 1 heterocycles. The molecule has 2 aromatic rings. The Kier molecular flexibility index (Phi) is 2.75. The van der Waals surface area contributed by atoms with E-state index in [0.717, 1.165) is 12.1 Å². The molecule has 0 fully saturated rings. The maximum atomic E-state index is 4.74. The number of nitrogens with zero attached hydrogens (tertiary/aromatic N) is 1. The van der Waals surface area contributed by atoms with E-state index in [1.54, 1.807) is 0 Å². The van der Waals surface area contributed by atoms with Gasteiger partial charge in [-0.05, 0) is 34.7 Å². The summed E-state index contributed by atoms with van der Waals surface area (Å²) in [6.07, 6.45) is 0.956.